The van der Waals surface area contributed by atoms with Crippen molar-refractivity contribution in [1.82, 2.24) is 4.90 Å². The lowest BCUT2D eigenvalue weighted by Gasteiger charge is -2.45. The summed E-state index contributed by atoms with van der Waals surface area (Å²) in [6.45, 7) is 3.19. The summed E-state index contributed by atoms with van der Waals surface area (Å²) in [7, 11) is 0. The Hall–Kier alpha value is -0.900. The second kappa shape index (κ2) is 5.14. The van der Waals surface area contributed by atoms with Crippen LogP contribution in [0, 0.1) is 0 Å². The topological polar surface area (TPSA) is 21.7 Å². The van der Waals surface area contributed by atoms with Crippen LogP contribution < -0.4 is 0 Å². The van der Waals surface area contributed by atoms with E-state index in [9.17, 15) is 0 Å². The molecule has 0 amide bonds. The van der Waals surface area contributed by atoms with Crippen LogP contribution in [0.5, 0.6) is 0 Å². The van der Waals surface area contributed by atoms with Crippen LogP contribution in [0.2, 0.25) is 0 Å². The van der Waals surface area contributed by atoms with Gasteiger partial charge in [-0.15, -0.1) is 0 Å². The van der Waals surface area contributed by atoms with Crippen molar-refractivity contribution in [3.63, 3.8) is 0 Å². The van der Waals surface area contributed by atoms with Gasteiger partial charge in [-0.3, -0.25) is 4.90 Å². The maximum Gasteiger partial charge on any atom is 0.180 e. The van der Waals surface area contributed by atoms with E-state index in [1.54, 1.807) is 0 Å². The molecule has 3 aliphatic heterocycles. The molecule has 3 aliphatic rings. The Morgan fingerprint density at radius 3 is 2.60 bits per heavy atom. The van der Waals surface area contributed by atoms with Gasteiger partial charge in [-0.2, -0.15) is 0 Å². The zero-order chi connectivity index (χ0) is 13.4. The summed E-state index contributed by atoms with van der Waals surface area (Å²) in [5, 5.41) is 0. The van der Waals surface area contributed by atoms with Gasteiger partial charge in [0.1, 0.15) is 5.54 Å². The van der Waals surface area contributed by atoms with E-state index >= 15 is 0 Å². The van der Waals surface area contributed by atoms with Gasteiger partial charge in [-0.1, -0.05) is 36.8 Å². The van der Waals surface area contributed by atoms with Gasteiger partial charge in [0.15, 0.2) is 6.29 Å². The van der Waals surface area contributed by atoms with Gasteiger partial charge in [0.2, 0.25) is 0 Å². The Labute approximate surface area is 120 Å². The third-order valence-electron chi connectivity index (χ3n) is 5.15. The quantitative estimate of drug-likeness (QED) is 0.827. The van der Waals surface area contributed by atoms with Gasteiger partial charge in [0.05, 0.1) is 12.7 Å². The Morgan fingerprint density at radius 1 is 1.05 bits per heavy atom. The van der Waals surface area contributed by atoms with Crippen molar-refractivity contribution in [2.45, 2.75) is 50.0 Å². The van der Waals surface area contributed by atoms with Crippen molar-refractivity contribution >= 4 is 0 Å². The molecule has 3 nitrogen and oxygen atoms in total. The lowest BCUT2D eigenvalue weighted by atomic mass is 9.83. The maximum absolute atomic E-state index is 6.16. The molecule has 0 N–H and O–H groups in total. The lowest BCUT2D eigenvalue weighted by Crippen LogP contribution is -2.54. The molecule has 3 heterocycles. The van der Waals surface area contributed by atoms with Crippen molar-refractivity contribution in [2.75, 3.05) is 19.7 Å². The molecule has 0 saturated carbocycles. The smallest absolute Gasteiger partial charge is 0.180 e. The number of ether oxygens (including phenoxy) is 2. The van der Waals surface area contributed by atoms with E-state index in [2.05, 4.69) is 35.2 Å². The predicted molar refractivity (Wildman–Crippen MR) is 77.4 cm³/mol. The van der Waals surface area contributed by atoms with Crippen LogP contribution in [0.15, 0.2) is 30.3 Å². The third kappa shape index (κ3) is 1.92. The Bertz CT molecular complexity index is 457. The first kappa shape index (κ1) is 12.8. The van der Waals surface area contributed by atoms with E-state index < -0.39 is 0 Å². The second-order valence-corrected chi connectivity index (χ2v) is 6.29. The molecule has 0 aliphatic carbocycles. The van der Waals surface area contributed by atoms with Crippen molar-refractivity contribution in [1.29, 1.82) is 0 Å². The number of likely N-dealkylation sites (tertiary alicyclic amines) is 1. The number of hydrogen-bond donors (Lipinski definition) is 0. The highest BCUT2D eigenvalue weighted by Gasteiger charge is 2.55. The molecule has 4 rings (SSSR count). The molecule has 108 valence electrons. The zero-order valence-corrected chi connectivity index (χ0v) is 12.0. The van der Waals surface area contributed by atoms with Crippen molar-refractivity contribution in [2.24, 2.45) is 0 Å². The standard InChI is InChI=1S/C17H23NO2/c1-3-7-14(8-4-1)17(18-10-5-2-6-11-18)13-15-9-12-19-16(17)20-15/h1,3-4,7-8,15-16H,2,5-6,9-13H2/t15-,16-,17+/m1/s1. The molecule has 0 spiro atoms. The summed E-state index contributed by atoms with van der Waals surface area (Å²) >= 11 is 0. The minimum Gasteiger partial charge on any atom is -0.350 e. The maximum atomic E-state index is 6.16. The minimum absolute atomic E-state index is 0.0527. The third-order valence-corrected chi connectivity index (χ3v) is 5.15. The monoisotopic (exact) mass is 273 g/mol. The van der Waals surface area contributed by atoms with E-state index in [1.807, 2.05) is 0 Å². The first-order valence-electron chi connectivity index (χ1n) is 7.97. The van der Waals surface area contributed by atoms with Crippen LogP contribution in [0.3, 0.4) is 0 Å². The van der Waals surface area contributed by atoms with Gasteiger partial charge < -0.3 is 9.47 Å². The molecule has 0 radical (unpaired) electrons. The number of fused-ring (bicyclic) bond motifs is 2. The van der Waals surface area contributed by atoms with E-state index in [1.165, 1.54) is 37.9 Å². The Kier molecular flexibility index (Phi) is 3.29. The van der Waals surface area contributed by atoms with Crippen LogP contribution in [0.1, 0.15) is 37.7 Å². The van der Waals surface area contributed by atoms with Crippen molar-refractivity contribution in [3.05, 3.63) is 35.9 Å². The largest absolute Gasteiger partial charge is 0.350 e. The van der Waals surface area contributed by atoms with E-state index in [-0.39, 0.29) is 11.8 Å². The molecule has 0 aromatic heterocycles. The fourth-order valence-electron chi connectivity index (χ4n) is 4.17. The normalized spacial score (nSPS) is 38.0. The van der Waals surface area contributed by atoms with Crippen LogP contribution >= 0.6 is 0 Å². The molecule has 3 heteroatoms. The van der Waals surface area contributed by atoms with Gasteiger partial charge in [0, 0.05) is 6.42 Å². The van der Waals surface area contributed by atoms with Crippen molar-refractivity contribution in [3.8, 4) is 0 Å². The molecular formula is C17H23NO2. The molecule has 3 atom stereocenters. The zero-order valence-electron chi connectivity index (χ0n) is 12.0. The number of benzene rings is 1. The fraction of sp³-hybridized carbons (Fsp3) is 0.647. The Balaban J connectivity index is 1.76. The number of nitrogens with zero attached hydrogens (tertiary/aromatic N) is 1. The molecular weight excluding hydrogens is 250 g/mol. The van der Waals surface area contributed by atoms with Crippen molar-refractivity contribution < 1.29 is 9.47 Å². The average Bonchev–Trinajstić information content (AvgIpc) is 2.80. The van der Waals surface area contributed by atoms with Gasteiger partial charge in [-0.25, -0.2) is 0 Å². The van der Waals surface area contributed by atoms with Gasteiger partial charge in [-0.05, 0) is 37.9 Å². The SMILES string of the molecule is c1ccc([C@@]2(N3CCCCC3)C[C@H]3CCO[C@@H]2O3)cc1. The first-order chi connectivity index (χ1) is 9.89. The highest BCUT2D eigenvalue weighted by Crippen LogP contribution is 2.48. The van der Waals surface area contributed by atoms with E-state index in [4.69, 9.17) is 9.47 Å². The van der Waals surface area contributed by atoms with E-state index in [0.717, 1.165) is 19.4 Å². The number of piperidine rings is 1. The molecule has 20 heavy (non-hydrogen) atoms. The lowest BCUT2D eigenvalue weighted by molar-refractivity contribution is -0.214. The number of hydrogen-bond acceptors (Lipinski definition) is 3. The van der Waals surface area contributed by atoms with Crippen LogP contribution in [-0.2, 0) is 15.0 Å². The Morgan fingerprint density at radius 2 is 1.85 bits per heavy atom. The summed E-state index contributed by atoms with van der Waals surface area (Å²) < 4.78 is 12.2. The molecule has 1 aromatic rings. The fourth-order valence-corrected chi connectivity index (χ4v) is 4.17. The summed E-state index contributed by atoms with van der Waals surface area (Å²) in [6, 6.07) is 10.9. The molecule has 2 bridgehead atoms. The average molecular weight is 273 g/mol. The summed E-state index contributed by atoms with van der Waals surface area (Å²) in [5.41, 5.74) is 1.32. The summed E-state index contributed by atoms with van der Waals surface area (Å²) in [6.07, 6.45) is 6.37. The minimum atomic E-state index is -0.0817. The van der Waals surface area contributed by atoms with Gasteiger partial charge in [0.25, 0.3) is 0 Å². The van der Waals surface area contributed by atoms with E-state index in [0.29, 0.717) is 6.10 Å². The summed E-state index contributed by atoms with van der Waals surface area (Å²) in [5.74, 6) is 0. The molecule has 3 saturated heterocycles. The van der Waals surface area contributed by atoms with Crippen LogP contribution in [0.4, 0.5) is 0 Å². The van der Waals surface area contributed by atoms with Gasteiger partial charge >= 0.3 is 0 Å². The summed E-state index contributed by atoms with van der Waals surface area (Å²) in [4.78, 5) is 2.64. The first-order valence-corrected chi connectivity index (χ1v) is 7.97. The van der Waals surface area contributed by atoms with Crippen LogP contribution in [0.25, 0.3) is 0 Å². The second-order valence-electron chi connectivity index (χ2n) is 6.29. The predicted octanol–water partition coefficient (Wildman–Crippen LogP) is 2.90. The highest BCUT2D eigenvalue weighted by molar-refractivity contribution is 5.28. The molecule has 3 fully saturated rings. The number of rotatable bonds is 2. The molecule has 1 aromatic carbocycles. The molecule has 0 unspecified atom stereocenters. The highest BCUT2D eigenvalue weighted by atomic mass is 16.7. The van der Waals surface area contributed by atoms with Crippen LogP contribution in [-0.4, -0.2) is 37.0 Å².